The van der Waals surface area contributed by atoms with Gasteiger partial charge in [-0.25, -0.2) is 9.18 Å². The van der Waals surface area contributed by atoms with E-state index in [9.17, 15) is 9.18 Å². The average molecular weight is 259 g/mol. The Morgan fingerprint density at radius 3 is 2.53 bits per heavy atom. The number of hydrogen-bond donors (Lipinski definition) is 1. The number of aromatic carboxylic acids is 1. The Labute approximate surface area is 110 Å². The molecule has 0 aliphatic heterocycles. The van der Waals surface area contributed by atoms with Crippen LogP contribution in [0.3, 0.4) is 0 Å². The molecule has 1 N–H and O–H groups in total. The van der Waals surface area contributed by atoms with Crippen LogP contribution in [0.1, 0.15) is 15.9 Å². The maximum atomic E-state index is 13.3. The zero-order valence-electron chi connectivity index (χ0n) is 10.5. The summed E-state index contributed by atoms with van der Waals surface area (Å²) in [6, 6.07) is 13.9. The standard InChI is InChI=1S/C15H14FNO2/c1-17(10-11-5-3-2-4-6-11)12-7-8-14(16)13(9-12)15(18)19/h2-9H,10H2,1H3,(H,18,19). The van der Waals surface area contributed by atoms with Crippen molar-refractivity contribution in [3.63, 3.8) is 0 Å². The molecule has 0 bridgehead atoms. The molecule has 4 heteroatoms. The molecule has 0 aliphatic carbocycles. The van der Waals surface area contributed by atoms with Crippen molar-refractivity contribution in [1.82, 2.24) is 0 Å². The van der Waals surface area contributed by atoms with E-state index < -0.39 is 11.8 Å². The van der Waals surface area contributed by atoms with E-state index in [-0.39, 0.29) is 5.56 Å². The molecule has 0 fully saturated rings. The molecule has 0 spiro atoms. The average Bonchev–Trinajstić information content (AvgIpc) is 2.40. The van der Waals surface area contributed by atoms with Gasteiger partial charge < -0.3 is 10.0 Å². The van der Waals surface area contributed by atoms with Crippen LogP contribution in [0, 0.1) is 5.82 Å². The maximum absolute atomic E-state index is 13.3. The Kier molecular flexibility index (Phi) is 3.80. The van der Waals surface area contributed by atoms with Crippen LogP contribution in [-0.4, -0.2) is 18.1 Å². The number of nitrogens with zero attached hydrogens (tertiary/aromatic N) is 1. The first-order chi connectivity index (χ1) is 9.08. The van der Waals surface area contributed by atoms with Crippen LogP contribution in [0.15, 0.2) is 48.5 Å². The predicted molar refractivity (Wildman–Crippen MR) is 71.9 cm³/mol. The van der Waals surface area contributed by atoms with E-state index >= 15 is 0 Å². The van der Waals surface area contributed by atoms with Gasteiger partial charge >= 0.3 is 5.97 Å². The third-order valence-electron chi connectivity index (χ3n) is 2.88. The van der Waals surface area contributed by atoms with Gasteiger partial charge in [0.1, 0.15) is 5.82 Å². The van der Waals surface area contributed by atoms with E-state index in [0.29, 0.717) is 12.2 Å². The predicted octanol–water partition coefficient (Wildman–Crippen LogP) is 3.16. The van der Waals surface area contributed by atoms with Crippen molar-refractivity contribution in [2.75, 3.05) is 11.9 Å². The Morgan fingerprint density at radius 1 is 1.21 bits per heavy atom. The lowest BCUT2D eigenvalue weighted by atomic mass is 10.1. The minimum atomic E-state index is -1.26. The van der Waals surface area contributed by atoms with E-state index in [4.69, 9.17) is 5.11 Å². The van der Waals surface area contributed by atoms with Crippen LogP contribution in [0.25, 0.3) is 0 Å². The fourth-order valence-corrected chi connectivity index (χ4v) is 1.86. The summed E-state index contributed by atoms with van der Waals surface area (Å²) in [4.78, 5) is 12.8. The second-order valence-corrected chi connectivity index (χ2v) is 4.31. The van der Waals surface area contributed by atoms with E-state index in [1.54, 1.807) is 6.07 Å². The van der Waals surface area contributed by atoms with Crippen molar-refractivity contribution in [2.45, 2.75) is 6.54 Å². The van der Waals surface area contributed by atoms with Crippen LogP contribution >= 0.6 is 0 Å². The van der Waals surface area contributed by atoms with E-state index in [2.05, 4.69) is 0 Å². The van der Waals surface area contributed by atoms with Gasteiger partial charge in [0.2, 0.25) is 0 Å². The van der Waals surface area contributed by atoms with E-state index in [1.165, 1.54) is 12.1 Å². The fraction of sp³-hybridized carbons (Fsp3) is 0.133. The minimum Gasteiger partial charge on any atom is -0.478 e. The molecule has 0 aromatic heterocycles. The topological polar surface area (TPSA) is 40.5 Å². The summed E-state index contributed by atoms with van der Waals surface area (Å²) in [6.45, 7) is 0.630. The third kappa shape index (κ3) is 3.10. The van der Waals surface area contributed by atoms with Gasteiger partial charge in [0, 0.05) is 19.3 Å². The summed E-state index contributed by atoms with van der Waals surface area (Å²) in [7, 11) is 1.84. The summed E-state index contributed by atoms with van der Waals surface area (Å²) in [6.07, 6.45) is 0. The number of hydrogen-bond acceptors (Lipinski definition) is 2. The van der Waals surface area contributed by atoms with Crippen LogP contribution in [-0.2, 0) is 6.54 Å². The van der Waals surface area contributed by atoms with Gasteiger partial charge in [0.25, 0.3) is 0 Å². The largest absolute Gasteiger partial charge is 0.478 e. The smallest absolute Gasteiger partial charge is 0.338 e. The van der Waals surface area contributed by atoms with Crippen LogP contribution in [0.2, 0.25) is 0 Å². The van der Waals surface area contributed by atoms with Crippen LogP contribution in [0.5, 0.6) is 0 Å². The summed E-state index contributed by atoms with van der Waals surface area (Å²) < 4.78 is 13.3. The van der Waals surface area contributed by atoms with Crippen molar-refractivity contribution in [2.24, 2.45) is 0 Å². The highest BCUT2D eigenvalue weighted by Gasteiger charge is 2.12. The molecule has 19 heavy (non-hydrogen) atoms. The van der Waals surface area contributed by atoms with E-state index in [0.717, 1.165) is 5.56 Å². The monoisotopic (exact) mass is 259 g/mol. The molecule has 2 rings (SSSR count). The van der Waals surface area contributed by atoms with Gasteiger partial charge in [-0.05, 0) is 23.8 Å². The van der Waals surface area contributed by atoms with Gasteiger partial charge in [-0.15, -0.1) is 0 Å². The number of rotatable bonds is 4. The maximum Gasteiger partial charge on any atom is 0.338 e. The molecule has 98 valence electrons. The molecule has 2 aromatic carbocycles. The molecule has 2 aromatic rings. The van der Waals surface area contributed by atoms with Gasteiger partial charge in [0.15, 0.2) is 0 Å². The van der Waals surface area contributed by atoms with Gasteiger partial charge in [-0.1, -0.05) is 30.3 Å². The number of halogens is 1. The quantitative estimate of drug-likeness (QED) is 0.916. The number of carboxylic acids is 1. The lowest BCUT2D eigenvalue weighted by Crippen LogP contribution is -2.17. The van der Waals surface area contributed by atoms with Gasteiger partial charge in [-0.3, -0.25) is 0 Å². The van der Waals surface area contributed by atoms with Crippen molar-refractivity contribution in [3.05, 3.63) is 65.5 Å². The third-order valence-corrected chi connectivity index (χ3v) is 2.88. The Morgan fingerprint density at radius 2 is 1.89 bits per heavy atom. The Bertz CT molecular complexity index is 584. The SMILES string of the molecule is CN(Cc1ccccc1)c1ccc(F)c(C(=O)O)c1. The molecular weight excluding hydrogens is 245 g/mol. The molecule has 0 radical (unpaired) electrons. The highest BCUT2D eigenvalue weighted by molar-refractivity contribution is 5.89. The highest BCUT2D eigenvalue weighted by Crippen LogP contribution is 2.19. The molecule has 0 aliphatic rings. The second kappa shape index (κ2) is 5.52. The summed E-state index contributed by atoms with van der Waals surface area (Å²) in [5.41, 5.74) is 1.46. The van der Waals surface area contributed by atoms with Crippen LogP contribution < -0.4 is 4.90 Å². The number of benzene rings is 2. The Hall–Kier alpha value is -2.36. The highest BCUT2D eigenvalue weighted by atomic mass is 19.1. The summed E-state index contributed by atoms with van der Waals surface area (Å²) >= 11 is 0. The zero-order chi connectivity index (χ0) is 13.8. The molecule has 0 atom stereocenters. The van der Waals surface area contributed by atoms with Gasteiger partial charge in [-0.2, -0.15) is 0 Å². The zero-order valence-corrected chi connectivity index (χ0v) is 10.5. The van der Waals surface area contributed by atoms with Crippen molar-refractivity contribution < 1.29 is 14.3 Å². The molecule has 0 saturated heterocycles. The van der Waals surface area contributed by atoms with Crippen molar-refractivity contribution >= 4 is 11.7 Å². The first-order valence-electron chi connectivity index (χ1n) is 5.86. The lowest BCUT2D eigenvalue weighted by Gasteiger charge is -2.20. The fourth-order valence-electron chi connectivity index (χ4n) is 1.86. The lowest BCUT2D eigenvalue weighted by molar-refractivity contribution is 0.0692. The number of carboxylic acid groups (broad SMARTS) is 1. The summed E-state index contributed by atoms with van der Waals surface area (Å²) in [5.74, 6) is -1.98. The minimum absolute atomic E-state index is 0.308. The van der Waals surface area contributed by atoms with Gasteiger partial charge in [0.05, 0.1) is 5.56 Å². The molecular formula is C15H14FNO2. The molecule has 0 saturated carbocycles. The van der Waals surface area contributed by atoms with Crippen LogP contribution in [0.4, 0.5) is 10.1 Å². The van der Waals surface area contributed by atoms with Crippen molar-refractivity contribution in [3.8, 4) is 0 Å². The first kappa shape index (κ1) is 13.1. The molecule has 3 nitrogen and oxygen atoms in total. The number of anilines is 1. The first-order valence-corrected chi connectivity index (χ1v) is 5.86. The summed E-state index contributed by atoms with van der Waals surface area (Å²) in [5, 5.41) is 8.90. The molecule has 0 unspecified atom stereocenters. The van der Waals surface area contributed by atoms with Crippen molar-refractivity contribution in [1.29, 1.82) is 0 Å². The second-order valence-electron chi connectivity index (χ2n) is 4.31. The normalized spacial score (nSPS) is 10.2. The molecule has 0 amide bonds. The number of carbonyl (C=O) groups is 1. The molecule has 0 heterocycles. The Balaban J connectivity index is 2.22. The van der Waals surface area contributed by atoms with E-state index in [1.807, 2.05) is 42.3 Å².